The maximum absolute atomic E-state index is 12.1. The molecule has 5 nitrogen and oxygen atoms in total. The third kappa shape index (κ3) is 3.57. The van der Waals surface area contributed by atoms with Crippen LogP contribution in [0.2, 0.25) is 0 Å². The SMILES string of the molecule is Cn1c(C2CCCN2CC(=O)NC2CC2)nc2c1CCCC2.I. The second-order valence-corrected chi connectivity index (χ2v) is 7.10. The minimum atomic E-state index is 0. The topological polar surface area (TPSA) is 50.2 Å². The lowest BCUT2D eigenvalue weighted by molar-refractivity contribution is -0.122. The third-order valence-electron chi connectivity index (χ3n) is 5.36. The Kier molecular flexibility index (Phi) is 5.30. The summed E-state index contributed by atoms with van der Waals surface area (Å²) in [6.45, 7) is 1.54. The van der Waals surface area contributed by atoms with Gasteiger partial charge in [0.15, 0.2) is 0 Å². The molecule has 3 aliphatic rings. The number of imidazole rings is 1. The Balaban J connectivity index is 0.00000156. The van der Waals surface area contributed by atoms with Crippen LogP contribution < -0.4 is 5.32 Å². The molecule has 4 rings (SSSR count). The number of rotatable bonds is 4. The minimum Gasteiger partial charge on any atom is -0.352 e. The largest absolute Gasteiger partial charge is 0.352 e. The van der Waals surface area contributed by atoms with Gasteiger partial charge in [0.25, 0.3) is 0 Å². The average Bonchev–Trinajstić information content (AvgIpc) is 3.10. The van der Waals surface area contributed by atoms with E-state index in [4.69, 9.17) is 4.98 Å². The van der Waals surface area contributed by atoms with E-state index in [0.717, 1.165) is 38.6 Å². The van der Waals surface area contributed by atoms with Crippen molar-refractivity contribution < 1.29 is 4.79 Å². The van der Waals surface area contributed by atoms with Crippen molar-refractivity contribution in [3.8, 4) is 0 Å². The van der Waals surface area contributed by atoms with E-state index in [2.05, 4.69) is 21.8 Å². The normalized spacial score (nSPS) is 24.1. The number of hydrogen-bond acceptors (Lipinski definition) is 3. The summed E-state index contributed by atoms with van der Waals surface area (Å²) in [6.07, 6.45) is 9.43. The lowest BCUT2D eigenvalue weighted by Gasteiger charge is -2.23. The molecule has 1 aromatic heterocycles. The van der Waals surface area contributed by atoms with E-state index in [0.29, 0.717) is 18.6 Å². The first-order chi connectivity index (χ1) is 10.7. The number of hydrogen-bond donors (Lipinski definition) is 1. The molecule has 1 amide bonds. The van der Waals surface area contributed by atoms with Gasteiger partial charge in [-0.05, 0) is 57.9 Å². The molecule has 1 saturated carbocycles. The Labute approximate surface area is 155 Å². The highest BCUT2D eigenvalue weighted by molar-refractivity contribution is 14.0. The number of carbonyl (C=O) groups is 1. The Bertz CT molecular complexity index is 581. The van der Waals surface area contributed by atoms with Crippen LogP contribution in [-0.4, -0.2) is 39.5 Å². The Hall–Kier alpha value is -0.630. The number of aryl methyl sites for hydroxylation is 1. The van der Waals surface area contributed by atoms with Gasteiger partial charge in [0.2, 0.25) is 5.91 Å². The number of carbonyl (C=O) groups excluding carboxylic acids is 1. The predicted octanol–water partition coefficient (Wildman–Crippen LogP) is 2.33. The predicted molar refractivity (Wildman–Crippen MR) is 100.0 cm³/mol. The van der Waals surface area contributed by atoms with Crippen molar-refractivity contribution in [3.05, 3.63) is 17.2 Å². The lowest BCUT2D eigenvalue weighted by atomic mass is 10.0. The smallest absolute Gasteiger partial charge is 0.234 e. The average molecular weight is 430 g/mol. The number of halogens is 1. The fourth-order valence-electron chi connectivity index (χ4n) is 4.00. The molecule has 1 unspecified atom stereocenters. The number of nitrogens with one attached hydrogen (secondary N) is 1. The molecule has 6 heteroatoms. The Morgan fingerprint density at radius 2 is 2.00 bits per heavy atom. The van der Waals surface area contributed by atoms with E-state index in [1.54, 1.807) is 0 Å². The maximum Gasteiger partial charge on any atom is 0.234 e. The van der Waals surface area contributed by atoms with Gasteiger partial charge in [0, 0.05) is 18.8 Å². The number of fused-ring (bicyclic) bond motifs is 1. The van der Waals surface area contributed by atoms with E-state index in [1.807, 2.05) is 0 Å². The first kappa shape index (κ1) is 17.2. The molecule has 2 fully saturated rings. The lowest BCUT2D eigenvalue weighted by Crippen LogP contribution is -2.38. The molecule has 0 spiro atoms. The van der Waals surface area contributed by atoms with Crippen LogP contribution in [0.5, 0.6) is 0 Å². The molecule has 2 heterocycles. The highest BCUT2D eigenvalue weighted by atomic mass is 127. The highest BCUT2D eigenvalue weighted by Crippen LogP contribution is 2.33. The molecular weight excluding hydrogens is 403 g/mol. The minimum absolute atomic E-state index is 0. The van der Waals surface area contributed by atoms with Crippen LogP contribution in [0.1, 0.15) is 61.8 Å². The van der Waals surface area contributed by atoms with E-state index >= 15 is 0 Å². The van der Waals surface area contributed by atoms with E-state index < -0.39 is 0 Å². The Morgan fingerprint density at radius 3 is 2.74 bits per heavy atom. The van der Waals surface area contributed by atoms with E-state index in [9.17, 15) is 4.79 Å². The first-order valence-corrected chi connectivity index (χ1v) is 8.80. The van der Waals surface area contributed by atoms with Crippen molar-refractivity contribution in [2.24, 2.45) is 7.05 Å². The van der Waals surface area contributed by atoms with Gasteiger partial charge in [0.1, 0.15) is 5.82 Å². The van der Waals surface area contributed by atoms with Gasteiger partial charge < -0.3 is 9.88 Å². The summed E-state index contributed by atoms with van der Waals surface area (Å²) >= 11 is 0. The molecular formula is C17H27IN4O. The molecule has 0 radical (unpaired) electrons. The number of amides is 1. The van der Waals surface area contributed by atoms with Gasteiger partial charge in [-0.25, -0.2) is 4.98 Å². The molecule has 23 heavy (non-hydrogen) atoms. The standard InChI is InChI=1S/C17H26N4O.HI/c1-20-14-6-3-2-5-13(14)19-17(20)15-7-4-10-21(15)11-16(22)18-12-8-9-12;/h12,15H,2-11H2,1H3,(H,18,22);1H. The highest BCUT2D eigenvalue weighted by Gasteiger charge is 2.33. The van der Waals surface area contributed by atoms with Gasteiger partial charge >= 0.3 is 0 Å². The number of aromatic nitrogens is 2. The van der Waals surface area contributed by atoms with Gasteiger partial charge in [0.05, 0.1) is 18.3 Å². The fraction of sp³-hybridized carbons (Fsp3) is 0.765. The molecule has 1 saturated heterocycles. The first-order valence-electron chi connectivity index (χ1n) is 8.80. The summed E-state index contributed by atoms with van der Waals surface area (Å²) in [5.41, 5.74) is 2.73. The van der Waals surface area contributed by atoms with Crippen LogP contribution >= 0.6 is 24.0 Å². The molecule has 1 aliphatic heterocycles. The maximum atomic E-state index is 12.1. The second-order valence-electron chi connectivity index (χ2n) is 7.10. The summed E-state index contributed by atoms with van der Waals surface area (Å²) in [5, 5.41) is 3.11. The summed E-state index contributed by atoms with van der Waals surface area (Å²) in [7, 11) is 2.16. The van der Waals surface area contributed by atoms with Gasteiger partial charge in [-0.15, -0.1) is 24.0 Å². The zero-order valence-electron chi connectivity index (χ0n) is 13.9. The fourth-order valence-corrected chi connectivity index (χ4v) is 4.00. The van der Waals surface area contributed by atoms with Crippen LogP contribution in [-0.2, 0) is 24.7 Å². The van der Waals surface area contributed by atoms with E-state index in [-0.39, 0.29) is 29.9 Å². The Morgan fingerprint density at radius 1 is 1.22 bits per heavy atom. The van der Waals surface area contributed by atoms with Gasteiger partial charge in [-0.2, -0.15) is 0 Å². The zero-order chi connectivity index (χ0) is 15.1. The zero-order valence-corrected chi connectivity index (χ0v) is 16.2. The third-order valence-corrected chi connectivity index (χ3v) is 5.36. The van der Waals surface area contributed by atoms with Gasteiger partial charge in [-0.3, -0.25) is 9.69 Å². The van der Waals surface area contributed by atoms with Crippen molar-refractivity contribution in [2.45, 2.75) is 63.5 Å². The van der Waals surface area contributed by atoms with Crippen molar-refractivity contribution in [3.63, 3.8) is 0 Å². The second kappa shape index (κ2) is 7.09. The molecule has 1 aromatic rings. The van der Waals surface area contributed by atoms with Gasteiger partial charge in [-0.1, -0.05) is 0 Å². The number of likely N-dealkylation sites (tertiary alicyclic amines) is 1. The monoisotopic (exact) mass is 430 g/mol. The van der Waals surface area contributed by atoms with Crippen LogP contribution in [0.25, 0.3) is 0 Å². The summed E-state index contributed by atoms with van der Waals surface area (Å²) < 4.78 is 2.32. The summed E-state index contributed by atoms with van der Waals surface area (Å²) in [5.74, 6) is 1.37. The molecule has 0 bridgehead atoms. The number of nitrogens with zero attached hydrogens (tertiary/aromatic N) is 3. The van der Waals surface area contributed by atoms with Crippen LogP contribution in [0, 0.1) is 0 Å². The van der Waals surface area contributed by atoms with E-state index in [1.165, 1.54) is 36.5 Å². The summed E-state index contributed by atoms with van der Waals surface area (Å²) in [4.78, 5) is 19.4. The molecule has 1 atom stereocenters. The van der Waals surface area contributed by atoms with Crippen molar-refractivity contribution in [2.75, 3.05) is 13.1 Å². The van der Waals surface area contributed by atoms with Crippen LogP contribution in [0.4, 0.5) is 0 Å². The molecule has 0 aromatic carbocycles. The van der Waals surface area contributed by atoms with Crippen molar-refractivity contribution >= 4 is 29.9 Å². The summed E-state index contributed by atoms with van der Waals surface area (Å²) in [6, 6.07) is 0.773. The molecule has 1 N–H and O–H groups in total. The molecule has 2 aliphatic carbocycles. The molecule has 128 valence electrons. The van der Waals surface area contributed by atoms with Crippen LogP contribution in [0.15, 0.2) is 0 Å². The van der Waals surface area contributed by atoms with Crippen LogP contribution in [0.3, 0.4) is 0 Å². The van der Waals surface area contributed by atoms with Crippen molar-refractivity contribution in [1.82, 2.24) is 19.8 Å². The quantitative estimate of drug-likeness (QED) is 0.747. The van der Waals surface area contributed by atoms with Crippen molar-refractivity contribution in [1.29, 1.82) is 0 Å².